The molecule has 0 aliphatic heterocycles. The van der Waals surface area contributed by atoms with Gasteiger partial charge in [0.1, 0.15) is 19.3 Å². The van der Waals surface area contributed by atoms with Crippen molar-refractivity contribution in [1.29, 1.82) is 0 Å². The molecule has 17 nitrogen and oxygen atoms in total. The fraction of sp³-hybridized carbons (Fsp3) is 0.949. The van der Waals surface area contributed by atoms with E-state index < -0.39 is 97.5 Å². The van der Waals surface area contributed by atoms with E-state index in [1.165, 1.54) is 205 Å². The molecular weight excluding hydrogens is 1270 g/mol. The highest BCUT2D eigenvalue weighted by Crippen LogP contribution is 2.45. The summed E-state index contributed by atoms with van der Waals surface area (Å²) in [5, 5.41) is 10.6. The molecule has 19 heteroatoms. The SMILES string of the molecule is CCCCCCCC(=O)OC[C@H](COP(=O)(O)OC[C@H](O)COP(=O)(O)OC[C@@H](COC(=O)CCCCCCCCCCCCCCCCCC(C)C)OC(=O)CCCCCCCCCCCCCCCCCCC(C)C)OC(=O)CCCCCCCCCCCCCCC(C)C. The first-order valence-electron chi connectivity index (χ1n) is 40.3. The number of aliphatic hydroxyl groups excluding tert-OH is 1. The van der Waals surface area contributed by atoms with Crippen molar-refractivity contribution in [1.82, 2.24) is 0 Å². The average Bonchev–Trinajstić information content (AvgIpc) is 1.58. The number of unbranched alkanes of at least 4 members (excludes halogenated alkanes) is 44. The average molecular weight is 1420 g/mol. The Morgan fingerprint density at radius 1 is 0.278 bits per heavy atom. The van der Waals surface area contributed by atoms with Crippen LogP contribution in [0.4, 0.5) is 0 Å². The lowest BCUT2D eigenvalue weighted by molar-refractivity contribution is -0.161. The second kappa shape index (κ2) is 68.5. The Labute approximate surface area is 594 Å². The minimum atomic E-state index is -4.96. The number of phosphoric ester groups is 2. The summed E-state index contributed by atoms with van der Waals surface area (Å²) >= 11 is 0. The number of carbonyl (C=O) groups excluding carboxylic acids is 4. The Morgan fingerprint density at radius 3 is 0.701 bits per heavy atom. The molecule has 0 aliphatic carbocycles. The van der Waals surface area contributed by atoms with Gasteiger partial charge in [0.05, 0.1) is 26.4 Å². The van der Waals surface area contributed by atoms with Crippen LogP contribution < -0.4 is 0 Å². The lowest BCUT2D eigenvalue weighted by Crippen LogP contribution is -2.30. The quantitative estimate of drug-likeness (QED) is 0.0222. The molecular formula is C78H152O17P2. The summed E-state index contributed by atoms with van der Waals surface area (Å²) < 4.78 is 68.4. The zero-order valence-corrected chi connectivity index (χ0v) is 65.3. The molecule has 0 amide bonds. The van der Waals surface area contributed by atoms with Crippen molar-refractivity contribution in [3.63, 3.8) is 0 Å². The van der Waals surface area contributed by atoms with Crippen molar-refractivity contribution < 1.29 is 80.2 Å². The number of hydrogen-bond acceptors (Lipinski definition) is 15. The fourth-order valence-corrected chi connectivity index (χ4v) is 13.5. The molecule has 0 saturated carbocycles. The molecule has 0 aromatic rings. The molecule has 0 radical (unpaired) electrons. The van der Waals surface area contributed by atoms with Crippen molar-refractivity contribution in [2.45, 2.75) is 420 Å². The van der Waals surface area contributed by atoms with E-state index in [1.54, 1.807) is 0 Å². The molecule has 5 atom stereocenters. The Morgan fingerprint density at radius 2 is 0.474 bits per heavy atom. The van der Waals surface area contributed by atoms with Gasteiger partial charge in [-0.1, -0.05) is 350 Å². The summed E-state index contributed by atoms with van der Waals surface area (Å²) in [5.74, 6) is 0.267. The van der Waals surface area contributed by atoms with Crippen LogP contribution in [0.25, 0.3) is 0 Å². The first-order valence-corrected chi connectivity index (χ1v) is 43.3. The molecule has 2 unspecified atom stereocenters. The Hall–Kier alpha value is -1.94. The van der Waals surface area contributed by atoms with Gasteiger partial charge in [-0.3, -0.25) is 37.3 Å². The number of aliphatic hydroxyl groups is 1. The van der Waals surface area contributed by atoms with Crippen molar-refractivity contribution in [3.05, 3.63) is 0 Å². The molecule has 97 heavy (non-hydrogen) atoms. The third-order valence-corrected chi connectivity index (χ3v) is 20.0. The highest BCUT2D eigenvalue weighted by Gasteiger charge is 2.30. The maximum atomic E-state index is 13.1. The van der Waals surface area contributed by atoms with Gasteiger partial charge in [-0.05, 0) is 43.4 Å². The molecule has 0 rings (SSSR count). The lowest BCUT2D eigenvalue weighted by Gasteiger charge is -2.21. The van der Waals surface area contributed by atoms with Crippen molar-refractivity contribution in [3.8, 4) is 0 Å². The third-order valence-electron chi connectivity index (χ3n) is 18.1. The van der Waals surface area contributed by atoms with E-state index in [4.69, 9.17) is 37.0 Å². The monoisotopic (exact) mass is 1420 g/mol. The van der Waals surface area contributed by atoms with Gasteiger partial charge in [0, 0.05) is 25.7 Å². The van der Waals surface area contributed by atoms with E-state index in [0.717, 1.165) is 114 Å². The van der Waals surface area contributed by atoms with Gasteiger partial charge in [0.25, 0.3) is 0 Å². The van der Waals surface area contributed by atoms with Crippen molar-refractivity contribution in [2.24, 2.45) is 17.8 Å². The molecule has 0 fully saturated rings. The molecule has 0 aromatic carbocycles. The van der Waals surface area contributed by atoms with Gasteiger partial charge < -0.3 is 33.8 Å². The third kappa shape index (κ3) is 72.2. The lowest BCUT2D eigenvalue weighted by atomic mass is 10.0. The zero-order valence-electron chi connectivity index (χ0n) is 63.5. The predicted molar refractivity (Wildman–Crippen MR) is 395 cm³/mol. The zero-order chi connectivity index (χ0) is 71.6. The molecule has 0 aromatic heterocycles. The number of carbonyl (C=O) groups is 4. The van der Waals surface area contributed by atoms with Gasteiger partial charge in [-0.25, -0.2) is 9.13 Å². The number of hydrogen-bond donors (Lipinski definition) is 3. The highest BCUT2D eigenvalue weighted by molar-refractivity contribution is 7.47. The van der Waals surface area contributed by atoms with Crippen LogP contribution in [0.2, 0.25) is 0 Å². The largest absolute Gasteiger partial charge is 0.472 e. The fourth-order valence-electron chi connectivity index (χ4n) is 12.0. The smallest absolute Gasteiger partial charge is 0.462 e. The van der Waals surface area contributed by atoms with E-state index in [-0.39, 0.29) is 25.7 Å². The minimum absolute atomic E-state index is 0.106. The maximum absolute atomic E-state index is 13.1. The van der Waals surface area contributed by atoms with E-state index in [1.807, 2.05) is 0 Å². The molecule has 0 aliphatic rings. The standard InChI is InChI=1S/C78H152O17P2/c1-8-9-10-42-52-59-75(80)88-65-73(94-77(82)61-55-48-41-35-29-23-22-26-32-38-45-51-58-71(6)7)67-92-96(84,85)90-63-72(79)64-91-97(86,87)93-68-74(66-89-76(81)60-53-46-39-33-27-20-17-13-15-19-25-31-37-44-50-57-70(4)5)95-78(83)62-54-47-40-34-28-21-16-12-11-14-18-24-30-36-43-49-56-69(2)3/h69-74,79H,8-68H2,1-7H3,(H,84,85)(H,86,87)/t72-,73+,74+/m0/s1. The second-order valence-electron chi connectivity index (χ2n) is 29.5. The van der Waals surface area contributed by atoms with Gasteiger partial charge >= 0.3 is 39.5 Å². The van der Waals surface area contributed by atoms with Crippen LogP contribution in [-0.2, 0) is 65.4 Å². The van der Waals surface area contributed by atoms with E-state index in [2.05, 4.69) is 48.5 Å². The van der Waals surface area contributed by atoms with E-state index >= 15 is 0 Å². The van der Waals surface area contributed by atoms with Crippen molar-refractivity contribution >= 4 is 39.5 Å². The summed E-state index contributed by atoms with van der Waals surface area (Å²) in [6, 6.07) is 0. The van der Waals surface area contributed by atoms with E-state index in [9.17, 15) is 43.2 Å². The van der Waals surface area contributed by atoms with Crippen LogP contribution in [0.3, 0.4) is 0 Å². The predicted octanol–water partition coefficient (Wildman–Crippen LogP) is 23.0. The minimum Gasteiger partial charge on any atom is -0.462 e. The Bertz CT molecular complexity index is 1890. The number of ether oxygens (including phenoxy) is 4. The normalized spacial score (nSPS) is 14.0. The van der Waals surface area contributed by atoms with Crippen molar-refractivity contribution in [2.75, 3.05) is 39.6 Å². The van der Waals surface area contributed by atoms with Gasteiger partial charge in [-0.2, -0.15) is 0 Å². The molecule has 576 valence electrons. The number of phosphoric acid groups is 2. The molecule has 3 N–H and O–H groups in total. The van der Waals surface area contributed by atoms with E-state index in [0.29, 0.717) is 25.7 Å². The number of esters is 4. The first-order chi connectivity index (χ1) is 46.7. The van der Waals surface area contributed by atoms with Crippen LogP contribution in [0, 0.1) is 17.8 Å². The summed E-state index contributed by atoms with van der Waals surface area (Å²) in [6.07, 6.45) is 55.9. The topological polar surface area (TPSA) is 237 Å². The molecule has 0 bridgehead atoms. The van der Waals surface area contributed by atoms with Crippen LogP contribution in [-0.4, -0.2) is 96.7 Å². The second-order valence-corrected chi connectivity index (χ2v) is 32.4. The highest BCUT2D eigenvalue weighted by atomic mass is 31.2. The molecule has 0 saturated heterocycles. The summed E-state index contributed by atoms with van der Waals surface area (Å²) in [4.78, 5) is 72.6. The van der Waals surface area contributed by atoms with Gasteiger partial charge in [0.2, 0.25) is 0 Å². The van der Waals surface area contributed by atoms with Gasteiger partial charge in [-0.15, -0.1) is 0 Å². The number of rotatable bonds is 76. The van der Waals surface area contributed by atoms with Gasteiger partial charge in [0.15, 0.2) is 12.2 Å². The summed E-state index contributed by atoms with van der Waals surface area (Å²) in [7, 11) is -9.91. The Kier molecular flexibility index (Phi) is 67.1. The molecule has 0 spiro atoms. The first kappa shape index (κ1) is 95.1. The van der Waals surface area contributed by atoms with Crippen LogP contribution in [0.1, 0.15) is 402 Å². The van der Waals surface area contributed by atoms with Crippen LogP contribution >= 0.6 is 15.6 Å². The Balaban J connectivity index is 5.14. The summed E-state index contributed by atoms with van der Waals surface area (Å²) in [6.45, 7) is 11.9. The maximum Gasteiger partial charge on any atom is 0.472 e. The van der Waals surface area contributed by atoms with Crippen LogP contribution in [0.15, 0.2) is 0 Å². The summed E-state index contributed by atoms with van der Waals surface area (Å²) in [5.41, 5.74) is 0. The molecule has 0 heterocycles. The van der Waals surface area contributed by atoms with Crippen LogP contribution in [0.5, 0.6) is 0 Å².